The zero-order chi connectivity index (χ0) is 12.1. The highest BCUT2D eigenvalue weighted by atomic mass is 35.5. The first kappa shape index (κ1) is 12.1. The Labute approximate surface area is 106 Å². The highest BCUT2D eigenvalue weighted by Crippen LogP contribution is 2.19. The Balaban J connectivity index is 1.99. The van der Waals surface area contributed by atoms with Crippen LogP contribution < -0.4 is 5.32 Å². The molecule has 0 radical (unpaired) electrons. The van der Waals surface area contributed by atoms with E-state index in [4.69, 9.17) is 11.6 Å². The van der Waals surface area contributed by atoms with Crippen molar-refractivity contribution in [2.24, 2.45) is 0 Å². The molecule has 0 aliphatic rings. The van der Waals surface area contributed by atoms with Gasteiger partial charge in [0.1, 0.15) is 5.82 Å². The molecule has 0 saturated carbocycles. The second-order valence-electron chi connectivity index (χ2n) is 3.93. The summed E-state index contributed by atoms with van der Waals surface area (Å²) in [7, 11) is 0. The number of nitrogens with zero attached hydrogens (tertiary/aromatic N) is 1. The standard InChI is InChI=1S/C13H16ClN3/c1-2-12(10-3-5-11(14)6-4-10)17-9-13-15-7-8-16-13/h3-8,12,17H,2,9H2,1H3,(H,15,16). The van der Waals surface area contributed by atoms with Gasteiger partial charge >= 0.3 is 0 Å². The van der Waals surface area contributed by atoms with Crippen molar-refractivity contribution in [3.63, 3.8) is 0 Å². The lowest BCUT2D eigenvalue weighted by Crippen LogP contribution is -2.20. The van der Waals surface area contributed by atoms with Crippen molar-refractivity contribution >= 4 is 11.6 Å². The minimum absolute atomic E-state index is 0.331. The number of H-pyrrole nitrogens is 1. The molecule has 1 unspecified atom stereocenters. The van der Waals surface area contributed by atoms with Gasteiger partial charge in [-0.05, 0) is 24.1 Å². The topological polar surface area (TPSA) is 40.7 Å². The Morgan fingerprint density at radius 2 is 2.12 bits per heavy atom. The van der Waals surface area contributed by atoms with E-state index in [0.29, 0.717) is 6.04 Å². The van der Waals surface area contributed by atoms with Crippen LogP contribution in [-0.2, 0) is 6.54 Å². The highest BCUT2D eigenvalue weighted by Gasteiger charge is 2.08. The van der Waals surface area contributed by atoms with Gasteiger partial charge in [0.2, 0.25) is 0 Å². The molecule has 2 rings (SSSR count). The molecule has 0 amide bonds. The largest absolute Gasteiger partial charge is 0.348 e. The van der Waals surface area contributed by atoms with Gasteiger partial charge in [0.05, 0.1) is 6.54 Å². The number of benzene rings is 1. The quantitative estimate of drug-likeness (QED) is 0.854. The number of rotatable bonds is 5. The molecule has 2 N–H and O–H groups in total. The number of aromatic nitrogens is 2. The zero-order valence-corrected chi connectivity index (χ0v) is 10.5. The summed E-state index contributed by atoms with van der Waals surface area (Å²) in [6, 6.07) is 8.30. The van der Waals surface area contributed by atoms with E-state index in [1.807, 2.05) is 18.3 Å². The molecule has 1 aromatic carbocycles. The van der Waals surface area contributed by atoms with Gasteiger partial charge in [0, 0.05) is 23.5 Å². The molecule has 4 heteroatoms. The number of nitrogens with one attached hydrogen (secondary N) is 2. The molecular formula is C13H16ClN3. The lowest BCUT2D eigenvalue weighted by Gasteiger charge is -2.16. The maximum atomic E-state index is 5.88. The molecule has 90 valence electrons. The first-order valence-electron chi connectivity index (χ1n) is 5.76. The van der Waals surface area contributed by atoms with Crippen molar-refractivity contribution in [3.8, 4) is 0 Å². The molecular weight excluding hydrogens is 234 g/mol. The van der Waals surface area contributed by atoms with Crippen molar-refractivity contribution in [1.29, 1.82) is 0 Å². The highest BCUT2D eigenvalue weighted by molar-refractivity contribution is 6.30. The van der Waals surface area contributed by atoms with Gasteiger partial charge in [0.25, 0.3) is 0 Å². The monoisotopic (exact) mass is 249 g/mol. The Hall–Kier alpha value is -1.32. The smallest absolute Gasteiger partial charge is 0.120 e. The molecule has 1 heterocycles. The van der Waals surface area contributed by atoms with Crippen LogP contribution in [0, 0.1) is 0 Å². The van der Waals surface area contributed by atoms with Crippen molar-refractivity contribution in [1.82, 2.24) is 15.3 Å². The number of hydrogen-bond donors (Lipinski definition) is 2. The fourth-order valence-electron chi connectivity index (χ4n) is 1.81. The van der Waals surface area contributed by atoms with Crippen LogP contribution in [0.2, 0.25) is 5.02 Å². The SMILES string of the molecule is CCC(NCc1ncc[nH]1)c1ccc(Cl)cc1. The van der Waals surface area contributed by atoms with Crippen LogP contribution in [0.4, 0.5) is 0 Å². The molecule has 1 aromatic heterocycles. The minimum Gasteiger partial charge on any atom is -0.348 e. The summed E-state index contributed by atoms with van der Waals surface area (Å²) in [5.41, 5.74) is 1.25. The molecule has 0 saturated heterocycles. The number of hydrogen-bond acceptors (Lipinski definition) is 2. The molecule has 2 aromatic rings. The first-order chi connectivity index (χ1) is 8.29. The Morgan fingerprint density at radius 1 is 1.35 bits per heavy atom. The van der Waals surface area contributed by atoms with Crippen molar-refractivity contribution in [2.45, 2.75) is 25.9 Å². The molecule has 1 atom stereocenters. The predicted octanol–water partition coefficient (Wildman–Crippen LogP) is 3.30. The van der Waals surface area contributed by atoms with E-state index in [0.717, 1.165) is 23.8 Å². The zero-order valence-electron chi connectivity index (χ0n) is 9.78. The molecule has 17 heavy (non-hydrogen) atoms. The van der Waals surface area contributed by atoms with Crippen molar-refractivity contribution in [3.05, 3.63) is 53.1 Å². The van der Waals surface area contributed by atoms with E-state index in [1.54, 1.807) is 6.20 Å². The van der Waals surface area contributed by atoms with Gasteiger partial charge < -0.3 is 10.3 Å². The molecule has 0 aliphatic carbocycles. The van der Waals surface area contributed by atoms with Crippen LogP contribution in [0.5, 0.6) is 0 Å². The van der Waals surface area contributed by atoms with Gasteiger partial charge in [-0.25, -0.2) is 4.98 Å². The third-order valence-electron chi connectivity index (χ3n) is 2.75. The van der Waals surface area contributed by atoms with Crippen LogP contribution in [0.15, 0.2) is 36.7 Å². The average molecular weight is 250 g/mol. The minimum atomic E-state index is 0.331. The Kier molecular flexibility index (Phi) is 4.18. The second-order valence-corrected chi connectivity index (χ2v) is 4.37. The van der Waals surface area contributed by atoms with Crippen LogP contribution >= 0.6 is 11.6 Å². The van der Waals surface area contributed by atoms with E-state index in [-0.39, 0.29) is 0 Å². The lowest BCUT2D eigenvalue weighted by atomic mass is 10.0. The van der Waals surface area contributed by atoms with Crippen LogP contribution in [0.25, 0.3) is 0 Å². The van der Waals surface area contributed by atoms with Crippen LogP contribution in [-0.4, -0.2) is 9.97 Å². The van der Waals surface area contributed by atoms with Crippen LogP contribution in [0.3, 0.4) is 0 Å². The van der Waals surface area contributed by atoms with Gasteiger partial charge in [-0.3, -0.25) is 0 Å². The van der Waals surface area contributed by atoms with E-state index >= 15 is 0 Å². The molecule has 0 bridgehead atoms. The summed E-state index contributed by atoms with van der Waals surface area (Å²) in [4.78, 5) is 7.27. The summed E-state index contributed by atoms with van der Waals surface area (Å²) in [6.07, 6.45) is 4.63. The summed E-state index contributed by atoms with van der Waals surface area (Å²) in [5.74, 6) is 0.956. The fraction of sp³-hybridized carbons (Fsp3) is 0.308. The maximum Gasteiger partial charge on any atom is 0.120 e. The Bertz CT molecular complexity index is 436. The van der Waals surface area contributed by atoms with Gasteiger partial charge in [-0.2, -0.15) is 0 Å². The molecule has 0 spiro atoms. The first-order valence-corrected chi connectivity index (χ1v) is 6.14. The second kappa shape index (κ2) is 5.84. The molecule has 0 aliphatic heterocycles. The van der Waals surface area contributed by atoms with Gasteiger partial charge in [-0.15, -0.1) is 0 Å². The molecule has 3 nitrogen and oxygen atoms in total. The summed E-state index contributed by atoms with van der Waals surface area (Å²) >= 11 is 5.88. The maximum absolute atomic E-state index is 5.88. The van der Waals surface area contributed by atoms with E-state index in [2.05, 4.69) is 34.3 Å². The average Bonchev–Trinajstić information content (AvgIpc) is 2.85. The van der Waals surface area contributed by atoms with Gasteiger partial charge in [0.15, 0.2) is 0 Å². The summed E-state index contributed by atoms with van der Waals surface area (Å²) in [5, 5.41) is 4.24. The van der Waals surface area contributed by atoms with E-state index in [1.165, 1.54) is 5.56 Å². The van der Waals surface area contributed by atoms with E-state index in [9.17, 15) is 0 Å². The van der Waals surface area contributed by atoms with Crippen molar-refractivity contribution in [2.75, 3.05) is 0 Å². The predicted molar refractivity (Wildman–Crippen MR) is 69.9 cm³/mol. The lowest BCUT2D eigenvalue weighted by molar-refractivity contribution is 0.510. The number of imidazole rings is 1. The molecule has 0 fully saturated rings. The summed E-state index contributed by atoms with van der Waals surface area (Å²) in [6.45, 7) is 2.91. The normalized spacial score (nSPS) is 12.6. The van der Waals surface area contributed by atoms with Crippen LogP contribution in [0.1, 0.15) is 30.8 Å². The Morgan fingerprint density at radius 3 is 2.71 bits per heavy atom. The summed E-state index contributed by atoms with van der Waals surface area (Å²) < 4.78 is 0. The third-order valence-corrected chi connectivity index (χ3v) is 3.00. The number of halogens is 1. The van der Waals surface area contributed by atoms with Crippen molar-refractivity contribution < 1.29 is 0 Å². The number of aromatic amines is 1. The fourth-order valence-corrected chi connectivity index (χ4v) is 1.93. The van der Waals surface area contributed by atoms with Gasteiger partial charge in [-0.1, -0.05) is 30.7 Å². The third kappa shape index (κ3) is 3.32. The van der Waals surface area contributed by atoms with E-state index < -0.39 is 0 Å².